The van der Waals surface area contributed by atoms with Gasteiger partial charge in [0.1, 0.15) is 28.6 Å². The minimum Gasteiger partial charge on any atom is -0.455 e. The van der Waals surface area contributed by atoms with Crippen LogP contribution in [0.1, 0.15) is 74.7 Å². The number of Topliss-reactive ketones (excluding diaryl/α,β-unsaturated/α-hetero) is 1. The lowest BCUT2D eigenvalue weighted by atomic mass is 9.72. The normalized spacial score (nSPS) is 17.7. The van der Waals surface area contributed by atoms with Gasteiger partial charge in [0.05, 0.1) is 21.6 Å². The lowest BCUT2D eigenvalue weighted by Gasteiger charge is -2.39. The van der Waals surface area contributed by atoms with Gasteiger partial charge in [-0.25, -0.2) is 18.1 Å². The number of carbonyl (C=O) groups excluding carboxylic acids is 2. The summed E-state index contributed by atoms with van der Waals surface area (Å²) in [7, 11) is -4.59. The van der Waals surface area contributed by atoms with Gasteiger partial charge >= 0.3 is 0 Å². The smallest absolute Gasteiger partial charge is 0.293 e. The Bertz CT molecular complexity index is 2630. The molecule has 0 unspecified atom stereocenters. The molecular weight excluding hydrogens is 818 g/mol. The first-order valence-corrected chi connectivity index (χ1v) is 22.4. The number of nitro groups is 1. The van der Waals surface area contributed by atoms with E-state index in [0.717, 1.165) is 61.1 Å². The highest BCUT2D eigenvalue weighted by molar-refractivity contribution is 7.90. The molecule has 1 amide bonds. The number of benzene rings is 3. The number of hydrogen-bond acceptors (Lipinski definition) is 11. The summed E-state index contributed by atoms with van der Waals surface area (Å²) in [5.74, 6) is -0.378. The van der Waals surface area contributed by atoms with Gasteiger partial charge in [0, 0.05) is 86.0 Å². The van der Waals surface area contributed by atoms with Gasteiger partial charge in [-0.2, -0.15) is 0 Å². The Morgan fingerprint density at radius 2 is 1.75 bits per heavy atom. The van der Waals surface area contributed by atoms with Crippen molar-refractivity contribution in [1.29, 1.82) is 0 Å². The minimum absolute atomic E-state index is 0.0540. The second-order valence-corrected chi connectivity index (χ2v) is 19.0. The van der Waals surface area contributed by atoms with Crippen LogP contribution in [-0.2, 0) is 14.8 Å². The number of ketones is 1. The van der Waals surface area contributed by atoms with E-state index in [1.807, 2.05) is 18.2 Å². The number of amides is 1. The number of pyridine rings is 1. The van der Waals surface area contributed by atoms with Crippen LogP contribution in [0.2, 0.25) is 5.02 Å². The van der Waals surface area contributed by atoms with E-state index in [9.17, 15) is 28.1 Å². The maximum Gasteiger partial charge on any atom is 0.293 e. The van der Waals surface area contributed by atoms with Gasteiger partial charge in [-0.1, -0.05) is 43.2 Å². The zero-order valence-electron chi connectivity index (χ0n) is 34.1. The topological polar surface area (TPSA) is 180 Å². The minimum atomic E-state index is -4.59. The molecule has 3 aromatic carbocycles. The Balaban J connectivity index is 1.01. The number of nitro benzene ring substituents is 1. The molecule has 3 N–H and O–H groups in total. The van der Waals surface area contributed by atoms with Crippen molar-refractivity contribution < 1.29 is 27.7 Å². The number of piperazine rings is 1. The summed E-state index contributed by atoms with van der Waals surface area (Å²) in [6.07, 6.45) is 8.22. The zero-order chi connectivity index (χ0) is 42.9. The number of nitrogens with zero attached hydrogens (tertiary/aromatic N) is 4. The molecule has 2 fully saturated rings. The summed E-state index contributed by atoms with van der Waals surface area (Å²) in [6.45, 7) is 8.59. The third-order valence-electron chi connectivity index (χ3n) is 11.9. The Morgan fingerprint density at radius 1 is 1.00 bits per heavy atom. The first-order chi connectivity index (χ1) is 29.2. The maximum atomic E-state index is 13.9. The van der Waals surface area contributed by atoms with Crippen molar-refractivity contribution in [2.45, 2.75) is 69.7 Å². The number of fused-ring (bicyclic) bond motifs is 1. The largest absolute Gasteiger partial charge is 0.455 e. The van der Waals surface area contributed by atoms with Crippen LogP contribution in [0.3, 0.4) is 0 Å². The van der Waals surface area contributed by atoms with Crippen LogP contribution in [0, 0.1) is 15.5 Å². The fraction of sp³-hybridized carbons (Fsp3) is 0.356. The number of aromatic nitrogens is 2. The highest BCUT2D eigenvalue weighted by Gasteiger charge is 2.31. The first-order valence-electron chi connectivity index (χ1n) is 20.5. The van der Waals surface area contributed by atoms with Gasteiger partial charge in [0.25, 0.3) is 21.6 Å². The van der Waals surface area contributed by atoms with E-state index in [1.165, 1.54) is 41.1 Å². The van der Waals surface area contributed by atoms with E-state index in [4.69, 9.17) is 16.3 Å². The molecular formula is C45H48ClN7O7S. The average molecular weight is 866 g/mol. The van der Waals surface area contributed by atoms with Crippen molar-refractivity contribution in [3.8, 4) is 11.5 Å². The molecule has 8 rings (SSSR count). The van der Waals surface area contributed by atoms with E-state index in [2.05, 4.69) is 55.8 Å². The Hall–Kier alpha value is -5.77. The van der Waals surface area contributed by atoms with Gasteiger partial charge in [0.15, 0.2) is 0 Å². The molecule has 1 saturated heterocycles. The van der Waals surface area contributed by atoms with Crippen molar-refractivity contribution in [1.82, 2.24) is 19.6 Å². The van der Waals surface area contributed by atoms with Gasteiger partial charge in [0.2, 0.25) is 0 Å². The molecule has 1 saturated carbocycles. The Morgan fingerprint density at radius 3 is 2.49 bits per heavy atom. The molecule has 318 valence electrons. The summed E-state index contributed by atoms with van der Waals surface area (Å²) in [5.41, 5.74) is 5.38. The number of nitrogens with one attached hydrogen (secondary N) is 3. The van der Waals surface area contributed by atoms with E-state index in [0.29, 0.717) is 50.2 Å². The van der Waals surface area contributed by atoms with Crippen molar-refractivity contribution in [3.63, 3.8) is 0 Å². The number of ether oxygens (including phenoxy) is 1. The molecule has 0 atom stereocenters. The van der Waals surface area contributed by atoms with Gasteiger partial charge in [-0.05, 0) is 97.2 Å². The van der Waals surface area contributed by atoms with Crippen LogP contribution in [0.4, 0.5) is 17.1 Å². The number of hydrogen-bond donors (Lipinski definition) is 3. The average Bonchev–Trinajstić information content (AvgIpc) is 3.71. The van der Waals surface area contributed by atoms with E-state index >= 15 is 0 Å². The molecule has 0 bridgehead atoms. The number of halogens is 1. The monoisotopic (exact) mass is 865 g/mol. The number of allylic oxidation sites excluding steroid dienone is 1. The number of sulfonamides is 1. The second-order valence-electron chi connectivity index (χ2n) is 16.9. The fourth-order valence-corrected chi connectivity index (χ4v) is 9.58. The number of carbonyl (C=O) groups is 2. The first kappa shape index (κ1) is 41.9. The van der Waals surface area contributed by atoms with Gasteiger partial charge in [-0.15, -0.1) is 0 Å². The zero-order valence-corrected chi connectivity index (χ0v) is 35.7. The van der Waals surface area contributed by atoms with Gasteiger partial charge < -0.3 is 19.9 Å². The lowest BCUT2D eigenvalue weighted by Crippen LogP contribution is -2.47. The molecule has 2 aromatic heterocycles. The highest BCUT2D eigenvalue weighted by Crippen LogP contribution is 2.43. The molecule has 3 heterocycles. The number of anilines is 2. The van der Waals surface area contributed by atoms with Crippen molar-refractivity contribution in [3.05, 3.63) is 117 Å². The third kappa shape index (κ3) is 9.74. The standard InChI is InChI=1S/C45H48ClN7O7S/c1-45(2)17-15-31(39(26-45)29-3-5-32(46)6-4-29)28-51-19-21-52(22-20-51)34-9-13-38(42(24-34)60-36-23-30-16-18-47-43(30)48-27-36)44(55)50-61(58,59)37-12-14-40(41(25-37)53(56)57)49-33-7-10-35(54)11-8-33/h3-6,9,12-14,16,18,23-25,27,33,49H,7-8,10-11,15,17,19-22,26,28H2,1-2H3,(H,47,48)(H,50,55). The molecule has 3 aliphatic rings. The third-order valence-corrected chi connectivity index (χ3v) is 13.5. The molecule has 0 spiro atoms. The van der Waals surface area contributed by atoms with E-state index < -0.39 is 31.4 Å². The van der Waals surface area contributed by atoms with Crippen LogP contribution in [0.5, 0.6) is 11.5 Å². The predicted molar refractivity (Wildman–Crippen MR) is 236 cm³/mol. The predicted octanol–water partition coefficient (Wildman–Crippen LogP) is 8.75. The Labute approximate surface area is 359 Å². The molecule has 61 heavy (non-hydrogen) atoms. The fourth-order valence-electron chi connectivity index (χ4n) is 8.47. The van der Waals surface area contributed by atoms with Crippen LogP contribution < -0.4 is 19.7 Å². The summed E-state index contributed by atoms with van der Waals surface area (Å²) in [4.78, 5) is 48.7. The number of H-pyrrole nitrogens is 1. The molecule has 0 radical (unpaired) electrons. The van der Waals surface area contributed by atoms with Crippen LogP contribution in [-0.4, -0.2) is 78.7 Å². The number of rotatable bonds is 12. The van der Waals surface area contributed by atoms with Crippen LogP contribution in [0.25, 0.3) is 16.6 Å². The van der Waals surface area contributed by atoms with Crippen molar-refractivity contribution in [2.24, 2.45) is 5.41 Å². The maximum absolute atomic E-state index is 13.9. The summed E-state index contributed by atoms with van der Waals surface area (Å²) < 4.78 is 35.7. The molecule has 5 aromatic rings. The highest BCUT2D eigenvalue weighted by atomic mass is 35.5. The molecule has 2 aliphatic carbocycles. The number of aromatic amines is 1. The quantitative estimate of drug-likeness (QED) is 0.0806. The summed E-state index contributed by atoms with van der Waals surface area (Å²) in [5, 5.41) is 16.7. The van der Waals surface area contributed by atoms with Crippen LogP contribution >= 0.6 is 11.6 Å². The SMILES string of the molecule is CC1(C)CCC(CN2CCN(c3ccc(C(=O)NS(=O)(=O)c4ccc(NC5CCC(=O)CC5)c([N+](=O)[O-])c4)c(Oc4cnc5[nH]ccc5c4)c3)CC2)=C(c2ccc(Cl)cc2)C1. The van der Waals surface area contributed by atoms with E-state index in [1.54, 1.807) is 24.4 Å². The van der Waals surface area contributed by atoms with Crippen LogP contribution in [0.15, 0.2) is 95.7 Å². The molecule has 1 aliphatic heterocycles. The lowest BCUT2D eigenvalue weighted by molar-refractivity contribution is -0.384. The van der Waals surface area contributed by atoms with Crippen molar-refractivity contribution in [2.75, 3.05) is 42.9 Å². The Kier molecular flexibility index (Phi) is 11.9. The van der Waals surface area contributed by atoms with Crippen molar-refractivity contribution >= 4 is 67.0 Å². The summed E-state index contributed by atoms with van der Waals surface area (Å²) in [6, 6.07) is 20.1. The molecule has 14 nitrogen and oxygen atoms in total. The molecule has 16 heteroatoms. The summed E-state index contributed by atoms with van der Waals surface area (Å²) >= 11 is 6.23. The van der Waals surface area contributed by atoms with Gasteiger partial charge in [-0.3, -0.25) is 24.6 Å². The van der Waals surface area contributed by atoms with E-state index in [-0.39, 0.29) is 34.2 Å². The second kappa shape index (κ2) is 17.3.